The van der Waals surface area contributed by atoms with Crippen molar-refractivity contribution < 1.29 is 4.74 Å². The number of aromatic nitrogens is 3. The predicted molar refractivity (Wildman–Crippen MR) is 75.1 cm³/mol. The van der Waals surface area contributed by atoms with Crippen molar-refractivity contribution in [2.24, 2.45) is 0 Å². The Morgan fingerprint density at radius 3 is 2.26 bits per heavy atom. The fraction of sp³-hybridized carbons (Fsp3) is 0.182. The van der Waals surface area contributed by atoms with Crippen LogP contribution in [-0.4, -0.2) is 29.0 Å². The molecular weight excluding hydrogens is 289 g/mol. The average Bonchev–Trinajstić information content (AvgIpc) is 2.26. The Bertz CT molecular complexity index is 585. The van der Waals surface area contributed by atoms with Crippen molar-refractivity contribution in [2.45, 2.75) is 0 Å². The first-order chi connectivity index (χ1) is 8.94. The third kappa shape index (κ3) is 3.59. The highest BCUT2D eigenvalue weighted by atomic mass is 35.5. The molecule has 0 spiro atoms. The molecule has 0 aliphatic rings. The molecule has 1 aromatic carbocycles. The molecule has 0 unspecified atom stereocenters. The Morgan fingerprint density at radius 1 is 1.05 bits per heavy atom. The minimum absolute atomic E-state index is 0.0711. The molecular formula is C11H11Cl2N5O. The molecule has 0 bridgehead atoms. The SMILES string of the molecule is CN(C)c1nc(N)nc(Oc2cc(Cl)cc(Cl)c2)n1. The van der Waals surface area contributed by atoms with Crippen LogP contribution < -0.4 is 15.4 Å². The van der Waals surface area contributed by atoms with Crippen LogP contribution in [0.25, 0.3) is 0 Å². The molecule has 100 valence electrons. The number of nitrogens with two attached hydrogens (primary N) is 1. The summed E-state index contributed by atoms with van der Waals surface area (Å²) in [6.45, 7) is 0. The maximum Gasteiger partial charge on any atom is 0.328 e. The number of benzene rings is 1. The lowest BCUT2D eigenvalue weighted by Gasteiger charge is -2.11. The molecule has 0 saturated carbocycles. The molecule has 0 radical (unpaired) electrons. The maximum absolute atomic E-state index is 5.88. The van der Waals surface area contributed by atoms with Gasteiger partial charge in [-0.25, -0.2) is 0 Å². The van der Waals surface area contributed by atoms with Gasteiger partial charge in [-0.15, -0.1) is 0 Å². The summed E-state index contributed by atoms with van der Waals surface area (Å²) in [6.07, 6.45) is 0. The normalized spacial score (nSPS) is 10.3. The molecule has 0 saturated heterocycles. The van der Waals surface area contributed by atoms with Gasteiger partial charge in [0, 0.05) is 24.1 Å². The zero-order valence-electron chi connectivity index (χ0n) is 10.3. The minimum atomic E-state index is 0.0711. The Morgan fingerprint density at radius 2 is 1.68 bits per heavy atom. The van der Waals surface area contributed by atoms with Crippen LogP contribution in [0.15, 0.2) is 18.2 Å². The highest BCUT2D eigenvalue weighted by molar-refractivity contribution is 6.34. The Balaban J connectivity index is 2.32. The number of anilines is 2. The van der Waals surface area contributed by atoms with Gasteiger partial charge in [0.2, 0.25) is 11.9 Å². The van der Waals surface area contributed by atoms with Gasteiger partial charge in [-0.1, -0.05) is 23.2 Å². The van der Waals surface area contributed by atoms with Crippen molar-refractivity contribution in [2.75, 3.05) is 24.7 Å². The van der Waals surface area contributed by atoms with Crippen molar-refractivity contribution in [3.05, 3.63) is 28.2 Å². The van der Waals surface area contributed by atoms with Crippen LogP contribution in [0.4, 0.5) is 11.9 Å². The van der Waals surface area contributed by atoms with E-state index in [4.69, 9.17) is 33.7 Å². The van der Waals surface area contributed by atoms with Gasteiger partial charge in [0.05, 0.1) is 0 Å². The highest BCUT2D eigenvalue weighted by Crippen LogP contribution is 2.27. The number of ether oxygens (including phenoxy) is 1. The summed E-state index contributed by atoms with van der Waals surface area (Å²) in [5, 5.41) is 0.912. The van der Waals surface area contributed by atoms with Gasteiger partial charge >= 0.3 is 6.01 Å². The standard InChI is InChI=1S/C11H11Cl2N5O/c1-18(2)10-15-9(14)16-11(17-10)19-8-4-6(12)3-7(13)5-8/h3-5H,1-2H3,(H2,14,15,16,17). The minimum Gasteiger partial charge on any atom is -0.424 e. The van der Waals surface area contributed by atoms with Crippen LogP contribution in [-0.2, 0) is 0 Å². The molecule has 8 heteroatoms. The molecule has 0 fully saturated rings. The summed E-state index contributed by atoms with van der Waals surface area (Å²) in [4.78, 5) is 13.6. The second kappa shape index (κ2) is 5.46. The summed E-state index contributed by atoms with van der Waals surface area (Å²) in [6, 6.07) is 4.88. The predicted octanol–water partition coefficient (Wildman–Crippen LogP) is 2.62. The monoisotopic (exact) mass is 299 g/mol. The summed E-state index contributed by atoms with van der Waals surface area (Å²) < 4.78 is 5.47. The van der Waals surface area contributed by atoms with Crippen molar-refractivity contribution in [3.63, 3.8) is 0 Å². The number of nitrogen functional groups attached to an aromatic ring is 1. The molecule has 0 amide bonds. The molecule has 0 aliphatic heterocycles. The molecule has 1 aromatic heterocycles. The summed E-state index contributed by atoms with van der Waals surface area (Å²) in [7, 11) is 3.57. The van der Waals surface area contributed by atoms with E-state index in [0.717, 1.165) is 0 Å². The molecule has 0 atom stereocenters. The molecule has 19 heavy (non-hydrogen) atoms. The third-order valence-corrected chi connectivity index (χ3v) is 2.50. The summed E-state index contributed by atoms with van der Waals surface area (Å²) in [5.74, 6) is 0.894. The lowest BCUT2D eigenvalue weighted by atomic mass is 10.3. The van der Waals surface area contributed by atoms with E-state index >= 15 is 0 Å². The molecule has 0 aliphatic carbocycles. The summed E-state index contributed by atoms with van der Waals surface area (Å²) >= 11 is 11.8. The Kier molecular flexibility index (Phi) is 3.92. The third-order valence-electron chi connectivity index (χ3n) is 2.07. The quantitative estimate of drug-likeness (QED) is 0.939. The van der Waals surface area contributed by atoms with E-state index in [0.29, 0.717) is 21.7 Å². The molecule has 6 nitrogen and oxygen atoms in total. The van der Waals surface area contributed by atoms with E-state index in [1.165, 1.54) is 0 Å². The average molecular weight is 300 g/mol. The number of rotatable bonds is 3. The van der Waals surface area contributed by atoms with Gasteiger partial charge in [-0.3, -0.25) is 0 Å². The van der Waals surface area contributed by atoms with Crippen molar-refractivity contribution in [1.82, 2.24) is 15.0 Å². The van der Waals surface area contributed by atoms with Gasteiger partial charge in [-0.05, 0) is 18.2 Å². The topological polar surface area (TPSA) is 77.2 Å². The smallest absolute Gasteiger partial charge is 0.328 e. The lowest BCUT2D eigenvalue weighted by Crippen LogP contribution is -2.15. The molecule has 2 N–H and O–H groups in total. The van der Waals surface area contributed by atoms with E-state index in [2.05, 4.69) is 15.0 Å². The zero-order chi connectivity index (χ0) is 14.0. The number of hydrogen-bond donors (Lipinski definition) is 1. The van der Waals surface area contributed by atoms with Gasteiger partial charge in [0.1, 0.15) is 5.75 Å². The van der Waals surface area contributed by atoms with E-state index < -0.39 is 0 Å². The first-order valence-corrected chi connectivity index (χ1v) is 6.02. The van der Waals surface area contributed by atoms with E-state index in [1.54, 1.807) is 37.2 Å². The van der Waals surface area contributed by atoms with E-state index in [9.17, 15) is 0 Å². The van der Waals surface area contributed by atoms with Crippen LogP contribution in [0.1, 0.15) is 0 Å². The zero-order valence-corrected chi connectivity index (χ0v) is 11.8. The van der Waals surface area contributed by atoms with Crippen molar-refractivity contribution >= 4 is 35.1 Å². The van der Waals surface area contributed by atoms with Gasteiger partial charge < -0.3 is 15.4 Å². The first-order valence-electron chi connectivity index (χ1n) is 5.27. The van der Waals surface area contributed by atoms with Crippen LogP contribution >= 0.6 is 23.2 Å². The van der Waals surface area contributed by atoms with E-state index in [-0.39, 0.29) is 12.0 Å². The number of nitrogens with zero attached hydrogens (tertiary/aromatic N) is 4. The lowest BCUT2D eigenvalue weighted by molar-refractivity contribution is 0.441. The van der Waals surface area contributed by atoms with Crippen molar-refractivity contribution in [3.8, 4) is 11.8 Å². The van der Waals surface area contributed by atoms with Crippen LogP contribution in [0, 0.1) is 0 Å². The summed E-state index contributed by atoms with van der Waals surface area (Å²) in [5.41, 5.74) is 5.59. The van der Waals surface area contributed by atoms with Crippen LogP contribution in [0.3, 0.4) is 0 Å². The maximum atomic E-state index is 5.88. The van der Waals surface area contributed by atoms with Gasteiger partial charge in [0.25, 0.3) is 0 Å². The number of halogens is 2. The second-order valence-corrected chi connectivity index (χ2v) is 4.75. The second-order valence-electron chi connectivity index (χ2n) is 3.88. The highest BCUT2D eigenvalue weighted by Gasteiger charge is 2.09. The molecule has 2 rings (SSSR count). The molecule has 2 aromatic rings. The van der Waals surface area contributed by atoms with Gasteiger partial charge in [0.15, 0.2) is 0 Å². The first kappa shape index (κ1) is 13.6. The Hall–Kier alpha value is -1.79. The molecule has 1 heterocycles. The largest absolute Gasteiger partial charge is 0.424 e. The van der Waals surface area contributed by atoms with Gasteiger partial charge in [-0.2, -0.15) is 15.0 Å². The number of hydrogen-bond acceptors (Lipinski definition) is 6. The Labute approximate surface area is 120 Å². The van der Waals surface area contributed by atoms with E-state index in [1.807, 2.05) is 0 Å². The van der Waals surface area contributed by atoms with Crippen LogP contribution in [0.5, 0.6) is 11.8 Å². The fourth-order valence-corrected chi connectivity index (χ4v) is 1.81. The fourth-order valence-electron chi connectivity index (χ4n) is 1.30. The van der Waals surface area contributed by atoms with Crippen LogP contribution in [0.2, 0.25) is 10.0 Å². The van der Waals surface area contributed by atoms with Crippen molar-refractivity contribution in [1.29, 1.82) is 0 Å².